The minimum Gasteiger partial charge on any atom is -0.465 e. The predicted molar refractivity (Wildman–Crippen MR) is 121 cm³/mol. The molecule has 2 aromatic carbocycles. The van der Waals surface area contributed by atoms with Gasteiger partial charge in [0.05, 0.1) is 19.1 Å². The lowest BCUT2D eigenvalue weighted by molar-refractivity contribution is -0.150. The smallest absolute Gasteiger partial charge is 0.328 e. The number of hydrogen-bond donors (Lipinski definition) is 1. The Kier molecular flexibility index (Phi) is 6.69. The molecule has 3 aromatic rings. The number of benzene rings is 2. The summed E-state index contributed by atoms with van der Waals surface area (Å²) in [6.45, 7) is 3.16. The first-order chi connectivity index (χ1) is 15.2. The third-order valence-electron chi connectivity index (χ3n) is 6.15. The Balaban J connectivity index is 1.49. The van der Waals surface area contributed by atoms with Gasteiger partial charge in [0.1, 0.15) is 6.04 Å². The van der Waals surface area contributed by atoms with E-state index in [0.29, 0.717) is 19.1 Å². The molecule has 1 aromatic heterocycles. The van der Waals surface area contributed by atoms with Crippen molar-refractivity contribution in [2.24, 2.45) is 0 Å². The van der Waals surface area contributed by atoms with Crippen molar-refractivity contribution in [3.63, 3.8) is 0 Å². The van der Waals surface area contributed by atoms with E-state index in [4.69, 9.17) is 10.00 Å². The summed E-state index contributed by atoms with van der Waals surface area (Å²) in [6.07, 6.45) is 4.53. The van der Waals surface area contributed by atoms with Crippen molar-refractivity contribution in [3.05, 3.63) is 71.4 Å². The molecule has 2 heterocycles. The maximum atomic E-state index is 12.9. The van der Waals surface area contributed by atoms with E-state index in [1.807, 2.05) is 43.3 Å². The molecule has 5 nitrogen and oxygen atoms in total. The van der Waals surface area contributed by atoms with E-state index < -0.39 is 0 Å². The van der Waals surface area contributed by atoms with Crippen LogP contribution in [0.15, 0.2) is 54.6 Å². The number of aromatic amines is 1. The van der Waals surface area contributed by atoms with Crippen LogP contribution in [0.5, 0.6) is 0 Å². The van der Waals surface area contributed by atoms with Gasteiger partial charge in [0.15, 0.2) is 0 Å². The van der Waals surface area contributed by atoms with Crippen LogP contribution in [0.1, 0.15) is 49.0 Å². The van der Waals surface area contributed by atoms with E-state index in [1.165, 1.54) is 11.1 Å². The molecule has 2 atom stereocenters. The molecule has 160 valence electrons. The molecular formula is C26H29N3O2. The highest BCUT2D eigenvalue weighted by atomic mass is 16.5. The second-order valence-electron chi connectivity index (χ2n) is 8.19. The standard InChI is InChI=1S/C26H29N3O2/c1-2-31-26(30)25(20-7-4-3-5-8-20)29-16-6-9-23(29)13-12-22-18-21-11-10-19(14-15-27)17-24(21)28-22/h3-5,7-8,10-11,17-18,23,25,28H,2,6,9,12-14,16H2,1H3/t23-,25?/m0/s1. The number of likely N-dealkylation sites (tertiary alicyclic amines) is 1. The van der Waals surface area contributed by atoms with Crippen LogP contribution in [0.4, 0.5) is 0 Å². The summed E-state index contributed by atoms with van der Waals surface area (Å²) in [4.78, 5) is 18.7. The number of esters is 1. The van der Waals surface area contributed by atoms with Crippen LogP contribution >= 0.6 is 0 Å². The quantitative estimate of drug-likeness (QED) is 0.529. The number of carbonyl (C=O) groups is 1. The van der Waals surface area contributed by atoms with E-state index in [2.05, 4.69) is 34.2 Å². The van der Waals surface area contributed by atoms with Gasteiger partial charge in [0.25, 0.3) is 0 Å². The Morgan fingerprint density at radius 1 is 1.26 bits per heavy atom. The van der Waals surface area contributed by atoms with E-state index in [0.717, 1.165) is 48.9 Å². The first-order valence-corrected chi connectivity index (χ1v) is 11.1. The van der Waals surface area contributed by atoms with Gasteiger partial charge in [-0.15, -0.1) is 0 Å². The molecule has 1 saturated heterocycles. The van der Waals surface area contributed by atoms with Gasteiger partial charge in [-0.25, -0.2) is 4.79 Å². The van der Waals surface area contributed by atoms with Crippen LogP contribution in [-0.2, 0) is 22.4 Å². The number of carbonyl (C=O) groups excluding carboxylic acids is 1. The monoisotopic (exact) mass is 415 g/mol. The van der Waals surface area contributed by atoms with E-state index in [1.54, 1.807) is 0 Å². The maximum Gasteiger partial charge on any atom is 0.328 e. The summed E-state index contributed by atoms with van der Waals surface area (Å²) < 4.78 is 5.44. The number of rotatable bonds is 8. The lowest BCUT2D eigenvalue weighted by atomic mass is 10.0. The highest BCUT2D eigenvalue weighted by molar-refractivity contribution is 5.81. The molecule has 1 aliphatic heterocycles. The number of H-pyrrole nitrogens is 1. The summed E-state index contributed by atoms with van der Waals surface area (Å²) in [5, 5.41) is 10.1. The fourth-order valence-electron chi connectivity index (χ4n) is 4.72. The van der Waals surface area contributed by atoms with Crippen LogP contribution in [0, 0.1) is 11.3 Å². The second-order valence-corrected chi connectivity index (χ2v) is 8.19. The van der Waals surface area contributed by atoms with Crippen molar-refractivity contribution in [3.8, 4) is 6.07 Å². The molecule has 4 rings (SSSR count). The van der Waals surface area contributed by atoms with Crippen molar-refractivity contribution < 1.29 is 9.53 Å². The normalized spacial score (nSPS) is 17.5. The lowest BCUT2D eigenvalue weighted by Crippen LogP contribution is -2.39. The van der Waals surface area contributed by atoms with Gasteiger partial charge in [-0.05, 0) is 67.8 Å². The summed E-state index contributed by atoms with van der Waals surface area (Å²) in [6, 6.07) is 20.6. The van der Waals surface area contributed by atoms with Crippen LogP contribution in [-0.4, -0.2) is 35.0 Å². The van der Waals surface area contributed by atoms with Crippen molar-refractivity contribution in [2.75, 3.05) is 13.2 Å². The second kappa shape index (κ2) is 9.80. The molecular weight excluding hydrogens is 386 g/mol. The summed E-state index contributed by atoms with van der Waals surface area (Å²) in [5.41, 5.74) is 4.32. The number of aromatic nitrogens is 1. The van der Waals surface area contributed by atoms with E-state index in [9.17, 15) is 4.79 Å². The summed E-state index contributed by atoms with van der Waals surface area (Å²) in [5.74, 6) is -0.156. The molecule has 1 N–H and O–H groups in total. The molecule has 1 unspecified atom stereocenters. The Labute approximate surface area is 183 Å². The maximum absolute atomic E-state index is 12.9. The summed E-state index contributed by atoms with van der Waals surface area (Å²) >= 11 is 0. The zero-order valence-electron chi connectivity index (χ0n) is 18.0. The number of fused-ring (bicyclic) bond motifs is 1. The minimum absolute atomic E-state index is 0.156. The highest BCUT2D eigenvalue weighted by Crippen LogP contribution is 2.33. The van der Waals surface area contributed by atoms with Gasteiger partial charge < -0.3 is 9.72 Å². The first kappa shape index (κ1) is 21.1. The zero-order chi connectivity index (χ0) is 21.6. The highest BCUT2D eigenvalue weighted by Gasteiger charge is 2.36. The number of hydrogen-bond acceptors (Lipinski definition) is 4. The molecule has 5 heteroatoms. The van der Waals surface area contributed by atoms with Crippen molar-refractivity contribution >= 4 is 16.9 Å². The molecule has 1 fully saturated rings. The van der Waals surface area contributed by atoms with Crippen molar-refractivity contribution in [2.45, 2.75) is 51.1 Å². The molecule has 0 saturated carbocycles. The summed E-state index contributed by atoms with van der Waals surface area (Å²) in [7, 11) is 0. The van der Waals surface area contributed by atoms with Crippen LogP contribution in [0.3, 0.4) is 0 Å². The Morgan fingerprint density at radius 2 is 2.10 bits per heavy atom. The van der Waals surface area contributed by atoms with Gasteiger partial charge in [0.2, 0.25) is 0 Å². The Hall–Kier alpha value is -3.10. The zero-order valence-corrected chi connectivity index (χ0v) is 18.0. The molecule has 0 bridgehead atoms. The molecule has 0 amide bonds. The third kappa shape index (κ3) is 4.81. The number of nitriles is 1. The fraction of sp³-hybridized carbons (Fsp3) is 0.385. The van der Waals surface area contributed by atoms with Gasteiger partial charge in [-0.2, -0.15) is 5.26 Å². The molecule has 0 aliphatic carbocycles. The molecule has 31 heavy (non-hydrogen) atoms. The van der Waals surface area contributed by atoms with E-state index in [-0.39, 0.29) is 12.0 Å². The predicted octanol–water partition coefficient (Wildman–Crippen LogP) is 4.94. The number of nitrogens with zero attached hydrogens (tertiary/aromatic N) is 2. The number of aryl methyl sites for hydroxylation is 1. The van der Waals surface area contributed by atoms with Crippen LogP contribution in [0.25, 0.3) is 10.9 Å². The lowest BCUT2D eigenvalue weighted by Gasteiger charge is -2.32. The van der Waals surface area contributed by atoms with Gasteiger partial charge >= 0.3 is 5.97 Å². The average Bonchev–Trinajstić information content (AvgIpc) is 3.40. The van der Waals surface area contributed by atoms with Crippen LogP contribution in [0.2, 0.25) is 0 Å². The third-order valence-corrected chi connectivity index (χ3v) is 6.15. The Bertz CT molecular complexity index is 1070. The number of ether oxygens (including phenoxy) is 1. The number of nitrogens with one attached hydrogen (secondary N) is 1. The van der Waals surface area contributed by atoms with Gasteiger partial charge in [-0.1, -0.05) is 42.5 Å². The topological polar surface area (TPSA) is 69.1 Å². The molecule has 0 radical (unpaired) electrons. The largest absolute Gasteiger partial charge is 0.465 e. The molecule has 1 aliphatic rings. The van der Waals surface area contributed by atoms with Crippen LogP contribution < -0.4 is 0 Å². The minimum atomic E-state index is -0.343. The average molecular weight is 416 g/mol. The SMILES string of the molecule is CCOC(=O)C(c1ccccc1)N1CCC[C@H]1CCc1cc2ccc(CC#N)cc2[nH]1. The van der Waals surface area contributed by atoms with Crippen molar-refractivity contribution in [1.29, 1.82) is 5.26 Å². The first-order valence-electron chi connectivity index (χ1n) is 11.1. The molecule has 0 spiro atoms. The van der Waals surface area contributed by atoms with Gasteiger partial charge in [0, 0.05) is 17.3 Å². The van der Waals surface area contributed by atoms with Crippen molar-refractivity contribution in [1.82, 2.24) is 9.88 Å². The van der Waals surface area contributed by atoms with Gasteiger partial charge in [-0.3, -0.25) is 4.90 Å². The Morgan fingerprint density at radius 3 is 2.87 bits per heavy atom. The fourth-order valence-corrected chi connectivity index (χ4v) is 4.72. The van der Waals surface area contributed by atoms with E-state index >= 15 is 0 Å².